The van der Waals surface area contributed by atoms with Crippen LogP contribution in [0.15, 0.2) is 30.5 Å². The Morgan fingerprint density at radius 3 is 2.41 bits per heavy atom. The number of hydrogen-bond acceptors (Lipinski definition) is 4. The molecule has 3 rings (SSSR count). The van der Waals surface area contributed by atoms with Crippen LogP contribution < -0.4 is 0 Å². The van der Waals surface area contributed by atoms with Crippen molar-refractivity contribution in [1.29, 1.82) is 0 Å². The number of aromatic nitrogens is 2. The van der Waals surface area contributed by atoms with Crippen LogP contribution in [0.1, 0.15) is 28.0 Å². The van der Waals surface area contributed by atoms with Crippen molar-refractivity contribution in [3.63, 3.8) is 0 Å². The van der Waals surface area contributed by atoms with Crippen LogP contribution in [0.2, 0.25) is 0 Å². The number of carbonyl (C=O) groups is 1. The molecule has 0 aliphatic carbocycles. The monoisotopic (exact) mass is 401 g/mol. The Morgan fingerprint density at radius 1 is 1.26 bits per heavy atom. The van der Waals surface area contributed by atoms with Gasteiger partial charge in [0, 0.05) is 13.1 Å². The molecule has 0 bridgehead atoms. The molecule has 10 heteroatoms. The molecule has 1 aliphatic heterocycles. The van der Waals surface area contributed by atoms with Crippen LogP contribution in [0.3, 0.4) is 0 Å². The first-order valence-electron chi connectivity index (χ1n) is 8.19. The van der Waals surface area contributed by atoms with Crippen molar-refractivity contribution in [2.24, 2.45) is 0 Å². The summed E-state index contributed by atoms with van der Waals surface area (Å²) in [6.07, 6.45) is -3.72. The molecule has 1 fully saturated rings. The third-order valence-corrected chi connectivity index (χ3v) is 6.37. The van der Waals surface area contributed by atoms with E-state index in [0.717, 1.165) is 16.7 Å². The molecule has 1 atom stereocenters. The van der Waals surface area contributed by atoms with Gasteiger partial charge in [-0.25, -0.2) is 13.1 Å². The molecule has 0 saturated carbocycles. The lowest BCUT2D eigenvalue weighted by Crippen LogP contribution is -2.38. The number of rotatable bonds is 3. The number of amides is 1. The van der Waals surface area contributed by atoms with E-state index in [1.165, 1.54) is 19.2 Å². The second-order valence-corrected chi connectivity index (χ2v) is 8.85. The quantitative estimate of drug-likeness (QED) is 0.792. The summed E-state index contributed by atoms with van der Waals surface area (Å²) in [5, 5.41) is 3.77. The molecular weight excluding hydrogens is 383 g/mol. The minimum absolute atomic E-state index is 0.0793. The van der Waals surface area contributed by atoms with Crippen molar-refractivity contribution in [3.8, 4) is 5.69 Å². The number of hydrogen-bond donors (Lipinski definition) is 0. The van der Waals surface area contributed by atoms with Crippen molar-refractivity contribution in [2.75, 3.05) is 18.6 Å². The molecule has 0 radical (unpaired) electrons. The van der Waals surface area contributed by atoms with Crippen molar-refractivity contribution in [1.82, 2.24) is 14.7 Å². The first-order valence-corrected chi connectivity index (χ1v) is 10.0. The predicted molar refractivity (Wildman–Crippen MR) is 92.5 cm³/mol. The summed E-state index contributed by atoms with van der Waals surface area (Å²) in [6.45, 7) is 1.80. The van der Waals surface area contributed by atoms with Crippen molar-refractivity contribution < 1.29 is 26.4 Å². The minimum Gasteiger partial charge on any atom is -0.338 e. The van der Waals surface area contributed by atoms with Crippen molar-refractivity contribution in [2.45, 2.75) is 25.6 Å². The summed E-state index contributed by atoms with van der Waals surface area (Å²) in [5.74, 6) is -1.23. The molecule has 0 spiro atoms. The zero-order valence-electron chi connectivity index (χ0n) is 14.7. The van der Waals surface area contributed by atoms with E-state index in [4.69, 9.17) is 0 Å². The zero-order chi connectivity index (χ0) is 20.0. The van der Waals surface area contributed by atoms with Crippen LogP contribution in [0.5, 0.6) is 0 Å². The number of benzene rings is 1. The Hall–Kier alpha value is -2.36. The van der Waals surface area contributed by atoms with E-state index in [0.29, 0.717) is 4.68 Å². The maximum atomic E-state index is 13.7. The largest absolute Gasteiger partial charge is 0.434 e. The standard InChI is InChI=1S/C17H18F3N3O3S/c1-11-3-5-12(6-4-11)23-15(17(18,19)20)14(9-21-23)16(24)22(2)13-7-8-27(25,26)10-13/h3-6,9,13H,7-8,10H2,1-2H3. The average molecular weight is 401 g/mol. The molecular formula is C17H18F3N3O3S. The highest BCUT2D eigenvalue weighted by Crippen LogP contribution is 2.34. The number of nitrogens with zero attached hydrogens (tertiary/aromatic N) is 3. The van der Waals surface area contributed by atoms with Crippen LogP contribution in [0, 0.1) is 6.92 Å². The van der Waals surface area contributed by atoms with Gasteiger partial charge < -0.3 is 4.90 Å². The van der Waals surface area contributed by atoms with Crippen LogP contribution in [0.4, 0.5) is 13.2 Å². The molecule has 0 N–H and O–H groups in total. The SMILES string of the molecule is Cc1ccc(-n2ncc(C(=O)N(C)C3CCS(=O)(=O)C3)c2C(F)(F)F)cc1. The Kier molecular flexibility index (Phi) is 4.79. The number of alkyl halides is 3. The first-order chi connectivity index (χ1) is 12.5. The fraction of sp³-hybridized carbons (Fsp3) is 0.412. The van der Waals surface area contributed by atoms with Crippen LogP contribution in [0.25, 0.3) is 5.69 Å². The van der Waals surface area contributed by atoms with Gasteiger partial charge in [0.05, 0.1) is 29.0 Å². The Morgan fingerprint density at radius 2 is 1.89 bits per heavy atom. The van der Waals surface area contributed by atoms with E-state index in [9.17, 15) is 26.4 Å². The van der Waals surface area contributed by atoms with Gasteiger partial charge in [0.2, 0.25) is 0 Å². The molecule has 1 aromatic carbocycles. The lowest BCUT2D eigenvalue weighted by Gasteiger charge is -2.23. The van der Waals surface area contributed by atoms with E-state index < -0.39 is 39.2 Å². The summed E-state index contributed by atoms with van der Waals surface area (Å²) < 4.78 is 65.0. The van der Waals surface area contributed by atoms with Gasteiger partial charge in [0.25, 0.3) is 5.91 Å². The summed E-state index contributed by atoms with van der Waals surface area (Å²) in [4.78, 5) is 13.8. The van der Waals surface area contributed by atoms with Crippen LogP contribution in [-0.2, 0) is 16.0 Å². The van der Waals surface area contributed by atoms with E-state index in [-0.39, 0.29) is 23.6 Å². The molecule has 146 valence electrons. The fourth-order valence-corrected chi connectivity index (χ4v) is 4.87. The molecule has 1 unspecified atom stereocenters. The number of sulfone groups is 1. The summed E-state index contributed by atoms with van der Waals surface area (Å²) in [7, 11) is -1.96. The predicted octanol–water partition coefficient (Wildman–Crippen LogP) is 2.46. The Bertz CT molecular complexity index is 966. The normalized spacial score (nSPS) is 19.2. The Labute approximate surface area is 154 Å². The molecule has 6 nitrogen and oxygen atoms in total. The molecule has 1 amide bonds. The molecule has 2 aromatic rings. The average Bonchev–Trinajstić information content (AvgIpc) is 3.17. The van der Waals surface area contributed by atoms with Crippen LogP contribution >= 0.6 is 0 Å². The van der Waals surface area contributed by atoms with E-state index in [1.807, 2.05) is 0 Å². The molecule has 1 aromatic heterocycles. The van der Waals surface area contributed by atoms with Gasteiger partial charge in [-0.3, -0.25) is 4.79 Å². The van der Waals surface area contributed by atoms with Crippen molar-refractivity contribution in [3.05, 3.63) is 47.3 Å². The zero-order valence-corrected chi connectivity index (χ0v) is 15.5. The van der Waals surface area contributed by atoms with Crippen molar-refractivity contribution >= 4 is 15.7 Å². The summed E-state index contributed by atoms with van der Waals surface area (Å²) in [6, 6.07) is 5.62. The second kappa shape index (κ2) is 6.66. The maximum Gasteiger partial charge on any atom is 0.434 e. The summed E-state index contributed by atoms with van der Waals surface area (Å²) in [5.41, 5.74) is -0.727. The number of halogens is 3. The van der Waals surface area contributed by atoms with Gasteiger partial charge in [-0.05, 0) is 25.5 Å². The van der Waals surface area contributed by atoms with Gasteiger partial charge in [0.1, 0.15) is 0 Å². The van der Waals surface area contributed by atoms with Gasteiger partial charge in [-0.2, -0.15) is 18.3 Å². The van der Waals surface area contributed by atoms with Gasteiger partial charge in [-0.15, -0.1) is 0 Å². The molecule has 2 heterocycles. The highest BCUT2D eigenvalue weighted by atomic mass is 32.2. The van der Waals surface area contributed by atoms with Gasteiger partial charge in [0.15, 0.2) is 15.5 Å². The lowest BCUT2D eigenvalue weighted by molar-refractivity contribution is -0.143. The third-order valence-electron chi connectivity index (χ3n) is 4.62. The Balaban J connectivity index is 2.00. The second-order valence-electron chi connectivity index (χ2n) is 6.62. The molecule has 1 saturated heterocycles. The van der Waals surface area contributed by atoms with E-state index in [1.54, 1.807) is 19.1 Å². The van der Waals surface area contributed by atoms with Gasteiger partial charge >= 0.3 is 6.18 Å². The smallest absolute Gasteiger partial charge is 0.338 e. The summed E-state index contributed by atoms with van der Waals surface area (Å²) >= 11 is 0. The number of aryl methyl sites for hydroxylation is 1. The molecule has 1 aliphatic rings. The highest BCUT2D eigenvalue weighted by Gasteiger charge is 2.42. The topological polar surface area (TPSA) is 72.3 Å². The van der Waals surface area contributed by atoms with E-state index in [2.05, 4.69) is 5.10 Å². The third kappa shape index (κ3) is 3.85. The van der Waals surface area contributed by atoms with E-state index >= 15 is 0 Å². The van der Waals surface area contributed by atoms with Crippen LogP contribution in [-0.4, -0.2) is 53.6 Å². The van der Waals surface area contributed by atoms with Gasteiger partial charge in [-0.1, -0.05) is 17.7 Å². The molecule has 27 heavy (non-hydrogen) atoms. The fourth-order valence-electron chi connectivity index (χ4n) is 3.10. The first kappa shape index (κ1) is 19.4. The minimum atomic E-state index is -4.81. The maximum absolute atomic E-state index is 13.7. The lowest BCUT2D eigenvalue weighted by atomic mass is 10.1. The number of carbonyl (C=O) groups excluding carboxylic acids is 1. The highest BCUT2D eigenvalue weighted by molar-refractivity contribution is 7.91.